The largest absolute Gasteiger partial charge is 0.335 e. The summed E-state index contributed by atoms with van der Waals surface area (Å²) in [4.78, 5) is 30.1. The molecule has 0 aliphatic carbocycles. The van der Waals surface area contributed by atoms with E-state index in [1.54, 1.807) is 12.1 Å². The topological polar surface area (TPSA) is 95.0 Å². The number of hydrogen-bond donors (Lipinski definition) is 2. The zero-order valence-corrected chi connectivity index (χ0v) is 12.5. The van der Waals surface area contributed by atoms with Crippen molar-refractivity contribution in [2.24, 2.45) is 0 Å². The van der Waals surface area contributed by atoms with E-state index in [0.717, 1.165) is 17.8 Å². The fraction of sp³-hybridized carbons (Fsp3) is 0.286. The normalized spacial score (nSPS) is 14.5. The summed E-state index contributed by atoms with van der Waals surface area (Å²) >= 11 is 4.97. The Labute approximate surface area is 130 Å². The van der Waals surface area contributed by atoms with Crippen LogP contribution in [-0.2, 0) is 19.5 Å². The Morgan fingerprint density at radius 3 is 2.95 bits per heavy atom. The number of nitrogens with zero attached hydrogens (tertiary/aromatic N) is 2. The van der Waals surface area contributed by atoms with Crippen LogP contribution in [0, 0.1) is 14.9 Å². The smallest absolute Gasteiger partial charge is 0.269 e. The second-order valence-electron chi connectivity index (χ2n) is 5.25. The van der Waals surface area contributed by atoms with Gasteiger partial charge in [0.25, 0.3) is 11.2 Å². The highest BCUT2D eigenvalue weighted by Crippen LogP contribution is 2.18. The summed E-state index contributed by atoms with van der Waals surface area (Å²) in [7, 11) is 0. The van der Waals surface area contributed by atoms with Gasteiger partial charge in [-0.15, -0.1) is 0 Å². The van der Waals surface area contributed by atoms with Crippen LogP contribution in [-0.4, -0.2) is 26.3 Å². The zero-order chi connectivity index (χ0) is 15.7. The average Bonchev–Trinajstić information content (AvgIpc) is 2.48. The van der Waals surface area contributed by atoms with Gasteiger partial charge in [-0.1, -0.05) is 12.1 Å². The van der Waals surface area contributed by atoms with Crippen LogP contribution >= 0.6 is 12.2 Å². The van der Waals surface area contributed by atoms with Crippen molar-refractivity contribution < 1.29 is 4.92 Å². The number of non-ortho nitro benzene ring substituents is 1. The molecule has 8 heteroatoms. The Morgan fingerprint density at radius 1 is 1.36 bits per heavy atom. The van der Waals surface area contributed by atoms with E-state index in [-0.39, 0.29) is 11.2 Å². The van der Waals surface area contributed by atoms with Crippen LogP contribution in [0.2, 0.25) is 0 Å². The maximum atomic E-state index is 12.0. The molecule has 0 saturated carbocycles. The minimum Gasteiger partial charge on any atom is -0.335 e. The molecule has 0 atom stereocenters. The molecule has 22 heavy (non-hydrogen) atoms. The molecule has 2 heterocycles. The number of aromatic amines is 2. The Hall–Kier alpha value is -2.32. The third-order valence-electron chi connectivity index (χ3n) is 3.72. The van der Waals surface area contributed by atoms with Crippen molar-refractivity contribution in [1.82, 2.24) is 14.9 Å². The van der Waals surface area contributed by atoms with Crippen LogP contribution in [0.15, 0.2) is 29.1 Å². The highest BCUT2D eigenvalue weighted by Gasteiger charge is 2.20. The van der Waals surface area contributed by atoms with Crippen LogP contribution in [0.25, 0.3) is 0 Å². The molecule has 0 fully saturated rings. The van der Waals surface area contributed by atoms with Crippen molar-refractivity contribution in [2.75, 3.05) is 6.54 Å². The molecule has 1 aliphatic rings. The first-order valence-electron chi connectivity index (χ1n) is 6.83. The molecule has 2 aromatic rings. The number of fused-ring (bicyclic) bond motifs is 1. The van der Waals surface area contributed by atoms with Gasteiger partial charge in [0, 0.05) is 43.9 Å². The van der Waals surface area contributed by atoms with E-state index in [1.807, 2.05) is 6.07 Å². The van der Waals surface area contributed by atoms with Gasteiger partial charge in [-0.2, -0.15) is 0 Å². The lowest BCUT2D eigenvalue weighted by atomic mass is 10.1. The standard InChI is InChI=1S/C14H14N4O3S/c19-13-11-8-17(5-4-12(11)15-14(22)16-13)7-9-2-1-3-10(6-9)18(20)21/h1-3,6H,4-5,7-8H2,(H2,15,16,19,22). The summed E-state index contributed by atoms with van der Waals surface area (Å²) in [5.74, 6) is 0. The number of benzene rings is 1. The third-order valence-corrected chi connectivity index (χ3v) is 3.92. The van der Waals surface area contributed by atoms with E-state index in [2.05, 4.69) is 14.9 Å². The van der Waals surface area contributed by atoms with E-state index >= 15 is 0 Å². The predicted octanol–water partition coefficient (Wildman–Crippen LogP) is 1.90. The van der Waals surface area contributed by atoms with Crippen LogP contribution in [0.5, 0.6) is 0 Å². The molecule has 3 rings (SSSR count). The summed E-state index contributed by atoms with van der Waals surface area (Å²) < 4.78 is 0.343. The summed E-state index contributed by atoms with van der Waals surface area (Å²) in [6.07, 6.45) is 0.706. The molecule has 1 aliphatic heterocycles. The molecule has 0 unspecified atom stereocenters. The van der Waals surface area contributed by atoms with Gasteiger partial charge in [0.15, 0.2) is 4.77 Å². The summed E-state index contributed by atoms with van der Waals surface area (Å²) in [5.41, 5.74) is 2.34. The van der Waals surface area contributed by atoms with E-state index in [0.29, 0.717) is 29.8 Å². The summed E-state index contributed by atoms with van der Waals surface area (Å²) in [5, 5.41) is 10.8. The number of nitro benzene ring substituents is 1. The van der Waals surface area contributed by atoms with Gasteiger partial charge in [0.05, 0.1) is 10.5 Å². The third kappa shape index (κ3) is 2.97. The lowest BCUT2D eigenvalue weighted by Crippen LogP contribution is -2.35. The van der Waals surface area contributed by atoms with Gasteiger partial charge in [-0.25, -0.2) is 0 Å². The van der Waals surface area contributed by atoms with E-state index < -0.39 is 4.92 Å². The van der Waals surface area contributed by atoms with Crippen molar-refractivity contribution in [1.29, 1.82) is 0 Å². The van der Waals surface area contributed by atoms with Gasteiger partial charge in [0.1, 0.15) is 0 Å². The molecule has 0 radical (unpaired) electrons. The van der Waals surface area contributed by atoms with Gasteiger partial charge < -0.3 is 4.98 Å². The molecule has 7 nitrogen and oxygen atoms in total. The van der Waals surface area contributed by atoms with Gasteiger partial charge in [0.2, 0.25) is 0 Å². The van der Waals surface area contributed by atoms with Gasteiger partial charge >= 0.3 is 0 Å². The predicted molar refractivity (Wildman–Crippen MR) is 83.2 cm³/mol. The zero-order valence-electron chi connectivity index (χ0n) is 11.7. The van der Waals surface area contributed by atoms with Gasteiger partial charge in [-0.05, 0) is 17.8 Å². The Morgan fingerprint density at radius 2 is 2.18 bits per heavy atom. The van der Waals surface area contributed by atoms with Crippen LogP contribution in [0.1, 0.15) is 16.8 Å². The van der Waals surface area contributed by atoms with Gasteiger partial charge in [-0.3, -0.25) is 24.8 Å². The number of hydrogen-bond acceptors (Lipinski definition) is 5. The number of nitro groups is 1. The Bertz CT molecular complexity index is 842. The average molecular weight is 318 g/mol. The quantitative estimate of drug-likeness (QED) is 0.512. The van der Waals surface area contributed by atoms with Crippen molar-refractivity contribution in [3.05, 3.63) is 66.3 Å². The SMILES string of the molecule is O=c1[nH]c(=S)[nH]c2c1CN(Cc1cccc([N+](=O)[O-])c1)CC2. The first-order valence-corrected chi connectivity index (χ1v) is 7.24. The molecule has 2 N–H and O–H groups in total. The van der Waals surface area contributed by atoms with Crippen LogP contribution < -0.4 is 5.56 Å². The van der Waals surface area contributed by atoms with Crippen molar-refractivity contribution >= 4 is 17.9 Å². The monoisotopic (exact) mass is 318 g/mol. The number of H-pyrrole nitrogens is 2. The minimum absolute atomic E-state index is 0.0804. The lowest BCUT2D eigenvalue weighted by Gasteiger charge is -2.27. The fourth-order valence-corrected chi connectivity index (χ4v) is 2.89. The maximum absolute atomic E-state index is 12.0. The highest BCUT2D eigenvalue weighted by molar-refractivity contribution is 7.71. The Balaban J connectivity index is 1.81. The Kier molecular flexibility index (Phi) is 3.86. The van der Waals surface area contributed by atoms with E-state index in [1.165, 1.54) is 6.07 Å². The highest BCUT2D eigenvalue weighted by atomic mass is 32.1. The summed E-state index contributed by atoms with van der Waals surface area (Å²) in [6.45, 7) is 1.83. The molecule has 0 bridgehead atoms. The molecule has 1 aromatic heterocycles. The van der Waals surface area contributed by atoms with E-state index in [4.69, 9.17) is 12.2 Å². The molecular weight excluding hydrogens is 304 g/mol. The summed E-state index contributed by atoms with van der Waals surface area (Å²) in [6, 6.07) is 6.57. The van der Waals surface area contributed by atoms with Crippen LogP contribution in [0.3, 0.4) is 0 Å². The molecule has 1 aromatic carbocycles. The first-order chi connectivity index (χ1) is 10.5. The van der Waals surface area contributed by atoms with Crippen molar-refractivity contribution in [3.63, 3.8) is 0 Å². The molecule has 114 valence electrons. The molecule has 0 saturated heterocycles. The fourth-order valence-electron chi connectivity index (χ4n) is 2.67. The van der Waals surface area contributed by atoms with Crippen LogP contribution in [0.4, 0.5) is 5.69 Å². The van der Waals surface area contributed by atoms with E-state index in [9.17, 15) is 14.9 Å². The maximum Gasteiger partial charge on any atom is 0.269 e. The molecular formula is C14H14N4O3S. The molecule has 0 spiro atoms. The minimum atomic E-state index is -0.403. The second kappa shape index (κ2) is 5.82. The number of rotatable bonds is 3. The number of aromatic nitrogens is 2. The van der Waals surface area contributed by atoms with Crippen molar-refractivity contribution in [3.8, 4) is 0 Å². The first kappa shape index (κ1) is 14.6. The second-order valence-corrected chi connectivity index (χ2v) is 5.66. The lowest BCUT2D eigenvalue weighted by molar-refractivity contribution is -0.384. The molecule has 0 amide bonds. The number of nitrogens with one attached hydrogen (secondary N) is 2. The van der Waals surface area contributed by atoms with Crippen molar-refractivity contribution in [2.45, 2.75) is 19.5 Å².